The molecule has 136 valence electrons. The van der Waals surface area contributed by atoms with Crippen LogP contribution < -0.4 is 10.3 Å². The lowest BCUT2D eigenvalue weighted by atomic mass is 10.2. The van der Waals surface area contributed by atoms with E-state index in [2.05, 4.69) is 40.2 Å². The fraction of sp³-hybridized carbons (Fsp3) is 0.150. The largest absolute Gasteiger partial charge is 0.497 e. The first kappa shape index (κ1) is 17.4. The Labute approximate surface area is 160 Å². The molecule has 4 rings (SSSR count). The summed E-state index contributed by atoms with van der Waals surface area (Å²) in [7, 11) is 1.62. The van der Waals surface area contributed by atoms with E-state index in [1.54, 1.807) is 18.0 Å². The molecule has 0 saturated heterocycles. The number of nitrogens with zero attached hydrogens (tertiary/aromatic N) is 3. The van der Waals surface area contributed by atoms with Crippen LogP contribution in [0.3, 0.4) is 0 Å². The lowest BCUT2D eigenvalue weighted by Gasteiger charge is -2.06. The van der Waals surface area contributed by atoms with Gasteiger partial charge in [0.05, 0.1) is 19.0 Å². The molecule has 27 heavy (non-hydrogen) atoms. The van der Waals surface area contributed by atoms with Gasteiger partial charge in [-0.3, -0.25) is 4.79 Å². The van der Waals surface area contributed by atoms with E-state index in [4.69, 9.17) is 4.74 Å². The summed E-state index contributed by atoms with van der Waals surface area (Å²) < 4.78 is 6.86. The number of methoxy groups -OCH3 is 1. The molecule has 2 heterocycles. The molecule has 7 heteroatoms. The van der Waals surface area contributed by atoms with Gasteiger partial charge in [-0.25, -0.2) is 9.67 Å². The summed E-state index contributed by atoms with van der Waals surface area (Å²) in [6.07, 6.45) is 1.54. The van der Waals surface area contributed by atoms with E-state index in [1.807, 2.05) is 30.3 Å². The molecule has 0 fully saturated rings. The Hall–Kier alpha value is -3.06. The lowest BCUT2D eigenvalue weighted by molar-refractivity contribution is 0.414. The van der Waals surface area contributed by atoms with Gasteiger partial charge in [-0.05, 0) is 36.8 Å². The van der Waals surface area contributed by atoms with Crippen molar-refractivity contribution in [1.29, 1.82) is 0 Å². The third-order valence-electron chi connectivity index (χ3n) is 4.19. The van der Waals surface area contributed by atoms with Crippen LogP contribution in [0.5, 0.6) is 5.75 Å². The van der Waals surface area contributed by atoms with E-state index in [1.165, 1.54) is 22.9 Å². The predicted octanol–water partition coefficient (Wildman–Crippen LogP) is 3.72. The highest BCUT2D eigenvalue weighted by atomic mass is 32.2. The summed E-state index contributed by atoms with van der Waals surface area (Å²) in [5.74, 6) is 1.49. The highest BCUT2D eigenvalue weighted by Gasteiger charge is 2.12. The van der Waals surface area contributed by atoms with Crippen molar-refractivity contribution < 1.29 is 4.74 Å². The van der Waals surface area contributed by atoms with Crippen LogP contribution in [0.2, 0.25) is 0 Å². The number of aryl methyl sites for hydroxylation is 1. The molecule has 0 atom stereocenters. The highest BCUT2D eigenvalue weighted by Crippen LogP contribution is 2.22. The number of nitrogens with one attached hydrogen (secondary N) is 1. The maximum Gasteiger partial charge on any atom is 0.262 e. The Balaban J connectivity index is 1.68. The summed E-state index contributed by atoms with van der Waals surface area (Å²) >= 11 is 1.50. The summed E-state index contributed by atoms with van der Waals surface area (Å²) in [6, 6.07) is 15.8. The van der Waals surface area contributed by atoms with Crippen LogP contribution >= 0.6 is 11.8 Å². The van der Waals surface area contributed by atoms with Crippen LogP contribution in [-0.2, 0) is 5.75 Å². The molecule has 2 aromatic carbocycles. The van der Waals surface area contributed by atoms with Gasteiger partial charge < -0.3 is 9.72 Å². The van der Waals surface area contributed by atoms with Crippen molar-refractivity contribution >= 4 is 22.8 Å². The highest BCUT2D eigenvalue weighted by molar-refractivity contribution is 7.98. The van der Waals surface area contributed by atoms with Gasteiger partial charge >= 0.3 is 0 Å². The second-order valence-corrected chi connectivity index (χ2v) is 7.10. The van der Waals surface area contributed by atoms with Gasteiger partial charge in [0.2, 0.25) is 0 Å². The second-order valence-electron chi connectivity index (χ2n) is 6.14. The third-order valence-corrected chi connectivity index (χ3v) is 5.14. The number of aromatic nitrogens is 4. The van der Waals surface area contributed by atoms with Crippen molar-refractivity contribution in [1.82, 2.24) is 19.7 Å². The minimum absolute atomic E-state index is 0.188. The number of ether oxygens (including phenoxy) is 1. The number of fused-ring (bicyclic) bond motifs is 1. The molecule has 0 aliphatic heterocycles. The fourth-order valence-electron chi connectivity index (χ4n) is 2.83. The maximum absolute atomic E-state index is 12.4. The van der Waals surface area contributed by atoms with Gasteiger partial charge in [0.25, 0.3) is 5.56 Å². The normalized spacial score (nSPS) is 11.0. The Morgan fingerprint density at radius 3 is 2.74 bits per heavy atom. The first-order valence-corrected chi connectivity index (χ1v) is 9.43. The third kappa shape index (κ3) is 3.59. The number of H-pyrrole nitrogens is 1. The molecule has 0 bridgehead atoms. The van der Waals surface area contributed by atoms with Crippen molar-refractivity contribution in [2.75, 3.05) is 7.11 Å². The van der Waals surface area contributed by atoms with Gasteiger partial charge in [-0.2, -0.15) is 5.10 Å². The van der Waals surface area contributed by atoms with Gasteiger partial charge in [0.15, 0.2) is 10.8 Å². The van der Waals surface area contributed by atoms with Crippen molar-refractivity contribution in [2.45, 2.75) is 17.8 Å². The number of aromatic amines is 1. The average molecular weight is 378 g/mol. The van der Waals surface area contributed by atoms with Crippen LogP contribution in [0.25, 0.3) is 16.7 Å². The molecule has 4 aromatic rings. The second kappa shape index (κ2) is 7.28. The van der Waals surface area contributed by atoms with E-state index >= 15 is 0 Å². The van der Waals surface area contributed by atoms with E-state index in [0.29, 0.717) is 16.2 Å². The summed E-state index contributed by atoms with van der Waals surface area (Å²) in [4.78, 5) is 19.9. The number of hydrogen-bond acceptors (Lipinski definition) is 5. The van der Waals surface area contributed by atoms with Crippen LogP contribution in [-0.4, -0.2) is 26.9 Å². The predicted molar refractivity (Wildman–Crippen MR) is 107 cm³/mol. The quantitative estimate of drug-likeness (QED) is 0.423. The van der Waals surface area contributed by atoms with E-state index in [-0.39, 0.29) is 5.56 Å². The number of hydrogen-bond donors (Lipinski definition) is 1. The van der Waals surface area contributed by atoms with Crippen molar-refractivity contribution in [3.63, 3.8) is 0 Å². The topological polar surface area (TPSA) is 72.8 Å². The molecule has 2 aromatic heterocycles. The number of benzene rings is 2. The Morgan fingerprint density at radius 1 is 1.19 bits per heavy atom. The Kier molecular flexibility index (Phi) is 4.68. The van der Waals surface area contributed by atoms with Crippen LogP contribution in [0, 0.1) is 6.92 Å². The van der Waals surface area contributed by atoms with E-state index in [9.17, 15) is 4.79 Å². The SMILES string of the molecule is COc1ccc(-n2ncc3c(=O)[nH]c(SCc4cccc(C)c4)nc32)cc1. The molecule has 0 unspecified atom stereocenters. The van der Waals surface area contributed by atoms with Crippen molar-refractivity contribution in [3.8, 4) is 11.4 Å². The molecular weight excluding hydrogens is 360 g/mol. The molecular formula is C20H18N4O2S. The summed E-state index contributed by atoms with van der Waals surface area (Å²) in [6.45, 7) is 2.06. The monoisotopic (exact) mass is 378 g/mol. The van der Waals surface area contributed by atoms with E-state index in [0.717, 1.165) is 17.2 Å². The smallest absolute Gasteiger partial charge is 0.262 e. The molecule has 6 nitrogen and oxygen atoms in total. The van der Waals surface area contributed by atoms with Gasteiger partial charge in [-0.15, -0.1) is 0 Å². The zero-order chi connectivity index (χ0) is 18.8. The van der Waals surface area contributed by atoms with Crippen molar-refractivity contribution in [3.05, 3.63) is 76.2 Å². The van der Waals surface area contributed by atoms with Gasteiger partial charge in [0.1, 0.15) is 11.1 Å². The van der Waals surface area contributed by atoms with Gasteiger partial charge in [-0.1, -0.05) is 41.6 Å². The Bertz CT molecular complexity index is 1150. The van der Waals surface area contributed by atoms with Crippen LogP contribution in [0.1, 0.15) is 11.1 Å². The number of thioether (sulfide) groups is 1. The lowest BCUT2D eigenvalue weighted by Crippen LogP contribution is -2.09. The minimum atomic E-state index is -0.188. The zero-order valence-electron chi connectivity index (χ0n) is 15.0. The van der Waals surface area contributed by atoms with E-state index < -0.39 is 0 Å². The van der Waals surface area contributed by atoms with Crippen molar-refractivity contribution in [2.24, 2.45) is 0 Å². The summed E-state index contributed by atoms with van der Waals surface area (Å²) in [5.41, 5.74) is 3.56. The first-order valence-electron chi connectivity index (χ1n) is 8.45. The zero-order valence-corrected chi connectivity index (χ0v) is 15.8. The fourth-order valence-corrected chi connectivity index (χ4v) is 3.63. The Morgan fingerprint density at radius 2 is 2.00 bits per heavy atom. The van der Waals surface area contributed by atoms with Crippen LogP contribution in [0.15, 0.2) is 64.7 Å². The molecule has 0 aliphatic carbocycles. The molecule has 1 N–H and O–H groups in total. The minimum Gasteiger partial charge on any atom is -0.497 e. The maximum atomic E-state index is 12.4. The summed E-state index contributed by atoms with van der Waals surface area (Å²) in [5, 5.41) is 5.37. The number of rotatable bonds is 5. The molecule has 0 saturated carbocycles. The molecule has 0 aliphatic rings. The van der Waals surface area contributed by atoms with Crippen LogP contribution in [0.4, 0.5) is 0 Å². The first-order chi connectivity index (χ1) is 13.1. The molecule has 0 spiro atoms. The average Bonchev–Trinajstić information content (AvgIpc) is 3.11. The standard InChI is InChI=1S/C20H18N4O2S/c1-13-4-3-5-14(10-13)12-27-20-22-18-17(19(25)23-20)11-21-24(18)15-6-8-16(26-2)9-7-15/h3-11H,12H2,1-2H3,(H,22,23,25). The molecule has 0 amide bonds. The molecule has 0 radical (unpaired) electrons. The van der Waals surface area contributed by atoms with Gasteiger partial charge in [0, 0.05) is 5.75 Å².